The maximum absolute atomic E-state index is 10.9. The molecule has 0 spiro atoms. The van der Waals surface area contributed by atoms with Crippen LogP contribution in [0.2, 0.25) is 0 Å². The van der Waals surface area contributed by atoms with Crippen molar-refractivity contribution in [2.24, 2.45) is 0 Å². The van der Waals surface area contributed by atoms with Crippen molar-refractivity contribution in [2.45, 2.75) is 18.9 Å². The van der Waals surface area contributed by atoms with Crippen LogP contribution in [0.1, 0.15) is 12.8 Å². The van der Waals surface area contributed by atoms with Gasteiger partial charge in [0, 0.05) is 6.42 Å². The molecular weight excluding hydrogens is 150 g/mol. The summed E-state index contributed by atoms with van der Waals surface area (Å²) in [6, 6.07) is -0.220. The maximum atomic E-state index is 10.9. The van der Waals surface area contributed by atoms with Crippen molar-refractivity contribution in [1.82, 2.24) is 5.32 Å². The van der Waals surface area contributed by atoms with Crippen molar-refractivity contribution >= 4 is 22.8 Å². The van der Waals surface area contributed by atoms with E-state index in [9.17, 15) is 9.59 Å². The van der Waals surface area contributed by atoms with E-state index in [1.54, 1.807) is 6.26 Å². The first-order valence-corrected chi connectivity index (χ1v) is 4.33. The van der Waals surface area contributed by atoms with Crippen LogP contribution in [0.5, 0.6) is 0 Å². The van der Waals surface area contributed by atoms with Gasteiger partial charge in [-0.05, 0) is 12.7 Å². The van der Waals surface area contributed by atoms with E-state index >= 15 is 0 Å². The Labute approximate surface area is 63.6 Å². The van der Waals surface area contributed by atoms with E-state index in [-0.39, 0.29) is 17.1 Å². The van der Waals surface area contributed by atoms with Gasteiger partial charge in [0.25, 0.3) is 0 Å². The smallest absolute Gasteiger partial charge is 0.220 e. The van der Waals surface area contributed by atoms with Gasteiger partial charge in [0.05, 0.1) is 6.04 Å². The van der Waals surface area contributed by atoms with Crippen LogP contribution in [-0.2, 0) is 9.59 Å². The van der Waals surface area contributed by atoms with E-state index in [1.807, 2.05) is 0 Å². The minimum atomic E-state index is -0.220. The van der Waals surface area contributed by atoms with E-state index in [1.165, 1.54) is 11.8 Å². The number of carbonyl (C=O) groups is 2. The molecule has 1 rings (SSSR count). The lowest BCUT2D eigenvalue weighted by atomic mass is 10.2. The summed E-state index contributed by atoms with van der Waals surface area (Å²) in [5.41, 5.74) is 0. The predicted octanol–water partition coefficient (Wildman–Crippen LogP) is 0.155. The fraction of sp³-hybridized carbons (Fsp3) is 0.667. The molecule has 1 N–H and O–H groups in total. The van der Waals surface area contributed by atoms with Gasteiger partial charge in [-0.3, -0.25) is 9.59 Å². The number of hydrogen-bond donors (Lipinski definition) is 1. The minimum Gasteiger partial charge on any atom is -0.345 e. The average molecular weight is 159 g/mol. The lowest BCUT2D eigenvalue weighted by molar-refractivity contribution is -0.121. The standard InChI is InChI=1S/C6H9NO2S/c1-10-6(9)4-2-3-5(8)7-4/h4H,2-3H2,1H3,(H,7,8). The summed E-state index contributed by atoms with van der Waals surface area (Å²) in [5.74, 6) is -0.00704. The Hall–Kier alpha value is -0.510. The molecule has 4 heteroatoms. The summed E-state index contributed by atoms with van der Waals surface area (Å²) in [6.07, 6.45) is 2.89. The van der Waals surface area contributed by atoms with Crippen molar-refractivity contribution in [3.05, 3.63) is 0 Å². The fourth-order valence-corrected chi connectivity index (χ4v) is 1.39. The Balaban J connectivity index is 2.44. The lowest BCUT2D eigenvalue weighted by Gasteiger charge is -2.03. The molecule has 1 fully saturated rings. The van der Waals surface area contributed by atoms with E-state index in [0.717, 1.165) is 0 Å². The molecule has 1 amide bonds. The summed E-state index contributed by atoms with van der Waals surface area (Å²) in [6.45, 7) is 0. The number of amides is 1. The van der Waals surface area contributed by atoms with Crippen LogP contribution in [0.3, 0.4) is 0 Å². The van der Waals surface area contributed by atoms with Crippen LogP contribution in [0, 0.1) is 0 Å². The average Bonchev–Trinajstić information content (AvgIpc) is 2.34. The van der Waals surface area contributed by atoms with Gasteiger partial charge >= 0.3 is 0 Å². The Morgan fingerprint density at radius 1 is 1.80 bits per heavy atom. The molecule has 1 aliphatic heterocycles. The van der Waals surface area contributed by atoms with Crippen molar-refractivity contribution < 1.29 is 9.59 Å². The van der Waals surface area contributed by atoms with Crippen LogP contribution in [0.4, 0.5) is 0 Å². The zero-order valence-corrected chi connectivity index (χ0v) is 6.53. The molecule has 0 aromatic heterocycles. The number of carbonyl (C=O) groups excluding carboxylic acids is 2. The molecule has 0 aromatic carbocycles. The Morgan fingerprint density at radius 2 is 2.50 bits per heavy atom. The van der Waals surface area contributed by atoms with Gasteiger partial charge in [0.1, 0.15) is 0 Å². The Morgan fingerprint density at radius 3 is 2.90 bits per heavy atom. The number of thioether (sulfide) groups is 1. The molecule has 1 atom stereocenters. The second kappa shape index (κ2) is 3.05. The van der Waals surface area contributed by atoms with Crippen LogP contribution >= 0.6 is 11.8 Å². The molecule has 56 valence electrons. The molecule has 1 unspecified atom stereocenters. The van der Waals surface area contributed by atoms with Gasteiger partial charge in [0.2, 0.25) is 11.0 Å². The molecule has 0 aliphatic carbocycles. The zero-order chi connectivity index (χ0) is 7.56. The van der Waals surface area contributed by atoms with Crippen molar-refractivity contribution in [3.63, 3.8) is 0 Å². The molecule has 0 bridgehead atoms. The minimum absolute atomic E-state index is 0.00704. The molecule has 1 heterocycles. The highest BCUT2D eigenvalue weighted by molar-refractivity contribution is 8.13. The first kappa shape index (κ1) is 7.60. The van der Waals surface area contributed by atoms with E-state index in [0.29, 0.717) is 12.8 Å². The summed E-state index contributed by atoms with van der Waals surface area (Å²) in [5, 5.41) is 2.66. The fourth-order valence-electron chi connectivity index (χ4n) is 0.933. The Bertz CT molecular complexity index is 169. The van der Waals surface area contributed by atoms with Crippen LogP contribution < -0.4 is 5.32 Å². The molecule has 3 nitrogen and oxygen atoms in total. The van der Waals surface area contributed by atoms with Crippen molar-refractivity contribution in [3.8, 4) is 0 Å². The van der Waals surface area contributed by atoms with Gasteiger partial charge in [0.15, 0.2) is 0 Å². The topological polar surface area (TPSA) is 46.2 Å². The monoisotopic (exact) mass is 159 g/mol. The zero-order valence-electron chi connectivity index (χ0n) is 5.72. The highest BCUT2D eigenvalue weighted by atomic mass is 32.2. The van der Waals surface area contributed by atoms with E-state index in [2.05, 4.69) is 5.32 Å². The highest BCUT2D eigenvalue weighted by Gasteiger charge is 2.25. The van der Waals surface area contributed by atoms with Gasteiger partial charge < -0.3 is 5.32 Å². The number of hydrogen-bond acceptors (Lipinski definition) is 3. The second-order valence-corrected chi connectivity index (χ2v) is 2.99. The molecule has 1 aliphatic rings. The molecule has 10 heavy (non-hydrogen) atoms. The molecule has 0 saturated carbocycles. The highest BCUT2D eigenvalue weighted by Crippen LogP contribution is 2.12. The third kappa shape index (κ3) is 1.50. The maximum Gasteiger partial charge on any atom is 0.220 e. The summed E-state index contributed by atoms with van der Waals surface area (Å²) in [7, 11) is 0. The first-order chi connectivity index (χ1) is 4.74. The third-order valence-electron chi connectivity index (χ3n) is 1.48. The predicted molar refractivity (Wildman–Crippen MR) is 39.7 cm³/mol. The van der Waals surface area contributed by atoms with Crippen LogP contribution in [0.15, 0.2) is 0 Å². The van der Waals surface area contributed by atoms with E-state index < -0.39 is 0 Å². The molecular formula is C6H9NO2S. The van der Waals surface area contributed by atoms with Gasteiger partial charge in [-0.25, -0.2) is 0 Å². The lowest BCUT2D eigenvalue weighted by Crippen LogP contribution is -2.31. The SMILES string of the molecule is CSC(=O)C1CCC(=O)N1. The quantitative estimate of drug-likeness (QED) is 0.592. The summed E-state index contributed by atoms with van der Waals surface area (Å²) in [4.78, 5) is 21.5. The van der Waals surface area contributed by atoms with Crippen molar-refractivity contribution in [1.29, 1.82) is 0 Å². The second-order valence-electron chi connectivity index (χ2n) is 2.18. The summed E-state index contributed by atoms with van der Waals surface area (Å²) >= 11 is 1.17. The number of rotatable bonds is 1. The van der Waals surface area contributed by atoms with Crippen molar-refractivity contribution in [2.75, 3.05) is 6.26 Å². The first-order valence-electron chi connectivity index (χ1n) is 3.11. The largest absolute Gasteiger partial charge is 0.345 e. The molecule has 0 aromatic rings. The van der Waals surface area contributed by atoms with Gasteiger partial charge in [-0.1, -0.05) is 11.8 Å². The Kier molecular flexibility index (Phi) is 2.32. The van der Waals surface area contributed by atoms with Crippen LogP contribution in [-0.4, -0.2) is 23.3 Å². The van der Waals surface area contributed by atoms with Crippen LogP contribution in [0.25, 0.3) is 0 Å². The van der Waals surface area contributed by atoms with Gasteiger partial charge in [-0.2, -0.15) is 0 Å². The molecule has 1 saturated heterocycles. The molecule has 0 radical (unpaired) electrons. The van der Waals surface area contributed by atoms with E-state index in [4.69, 9.17) is 0 Å². The number of nitrogens with one attached hydrogen (secondary N) is 1. The summed E-state index contributed by atoms with van der Waals surface area (Å²) < 4.78 is 0. The third-order valence-corrected chi connectivity index (χ3v) is 2.17. The van der Waals surface area contributed by atoms with Gasteiger partial charge in [-0.15, -0.1) is 0 Å². The normalized spacial score (nSPS) is 24.5.